The molecule has 1 fully saturated rings. The minimum Gasteiger partial charge on any atom is -0.497 e. The van der Waals surface area contributed by atoms with Crippen molar-refractivity contribution in [2.24, 2.45) is 5.92 Å². The van der Waals surface area contributed by atoms with Gasteiger partial charge in [-0.1, -0.05) is 13.8 Å². The van der Waals surface area contributed by atoms with E-state index in [1.807, 2.05) is 34.1 Å². The Bertz CT molecular complexity index is 625. The zero-order chi connectivity index (χ0) is 20.5. The summed E-state index contributed by atoms with van der Waals surface area (Å²) in [4.78, 5) is 30.6. The van der Waals surface area contributed by atoms with Crippen LogP contribution in [0.2, 0.25) is 0 Å². The Morgan fingerprint density at radius 2 is 1.71 bits per heavy atom. The van der Waals surface area contributed by atoms with Gasteiger partial charge in [0.05, 0.1) is 26.8 Å². The molecule has 7 heteroatoms. The second-order valence-electron chi connectivity index (χ2n) is 7.43. The van der Waals surface area contributed by atoms with Crippen molar-refractivity contribution >= 4 is 17.6 Å². The number of carbonyl (C=O) groups excluding carboxylic acids is 2. The van der Waals surface area contributed by atoms with Crippen molar-refractivity contribution in [3.05, 3.63) is 24.3 Å². The molecule has 0 radical (unpaired) electrons. The molecule has 1 heterocycles. The normalized spacial score (nSPS) is 14.5. The zero-order valence-corrected chi connectivity index (χ0v) is 17.5. The summed E-state index contributed by atoms with van der Waals surface area (Å²) in [5.74, 6) is 0.998. The number of amides is 1. The third-order valence-corrected chi connectivity index (χ3v) is 4.71. The fraction of sp³-hybridized carbons (Fsp3) is 0.619. The lowest BCUT2D eigenvalue weighted by Crippen LogP contribution is -2.52. The Labute approximate surface area is 168 Å². The molecule has 0 aromatic heterocycles. The molecule has 0 aliphatic carbocycles. The first kappa shape index (κ1) is 22.0. The van der Waals surface area contributed by atoms with Gasteiger partial charge in [-0.3, -0.25) is 14.5 Å². The summed E-state index contributed by atoms with van der Waals surface area (Å²) in [6.07, 6.45) is 0. The fourth-order valence-electron chi connectivity index (χ4n) is 3.39. The predicted octanol–water partition coefficient (Wildman–Crippen LogP) is 1.86. The smallest absolute Gasteiger partial charge is 0.320 e. The highest BCUT2D eigenvalue weighted by Crippen LogP contribution is 2.20. The molecular weight excluding hydrogens is 358 g/mol. The van der Waals surface area contributed by atoms with Crippen molar-refractivity contribution in [2.75, 3.05) is 64.4 Å². The number of nitrogens with zero attached hydrogens (tertiary/aromatic N) is 3. The van der Waals surface area contributed by atoms with Crippen molar-refractivity contribution in [2.45, 2.75) is 20.8 Å². The Kier molecular flexibility index (Phi) is 8.57. The summed E-state index contributed by atoms with van der Waals surface area (Å²) >= 11 is 0. The van der Waals surface area contributed by atoms with Crippen LogP contribution >= 0.6 is 0 Å². The quantitative estimate of drug-likeness (QED) is 0.599. The molecule has 0 unspecified atom stereocenters. The topological polar surface area (TPSA) is 62.3 Å². The summed E-state index contributed by atoms with van der Waals surface area (Å²) in [5, 5.41) is 0. The van der Waals surface area contributed by atoms with Crippen molar-refractivity contribution < 1.29 is 19.1 Å². The van der Waals surface area contributed by atoms with E-state index in [4.69, 9.17) is 9.47 Å². The van der Waals surface area contributed by atoms with Gasteiger partial charge >= 0.3 is 5.97 Å². The van der Waals surface area contributed by atoms with E-state index in [1.54, 1.807) is 14.0 Å². The summed E-state index contributed by atoms with van der Waals surface area (Å²) in [6.45, 7) is 10.3. The van der Waals surface area contributed by atoms with Gasteiger partial charge in [-0.05, 0) is 37.1 Å². The molecular formula is C21H33N3O4. The number of carbonyl (C=O) groups is 2. The zero-order valence-electron chi connectivity index (χ0n) is 17.5. The number of esters is 1. The average molecular weight is 392 g/mol. The Morgan fingerprint density at radius 3 is 2.25 bits per heavy atom. The maximum atomic E-state index is 12.8. The van der Waals surface area contributed by atoms with Crippen molar-refractivity contribution in [3.8, 4) is 5.75 Å². The number of hydrogen-bond acceptors (Lipinski definition) is 6. The number of ether oxygens (including phenoxy) is 2. The number of benzene rings is 1. The van der Waals surface area contributed by atoms with Gasteiger partial charge < -0.3 is 19.3 Å². The fourth-order valence-corrected chi connectivity index (χ4v) is 3.39. The standard InChI is InChI=1S/C21H33N3O4/c1-5-28-21(26)16-22(14-17(2)3)15-20(25)24-12-10-23(11-13-24)18-6-8-19(27-4)9-7-18/h6-9,17H,5,10-16H2,1-4H3. The largest absolute Gasteiger partial charge is 0.497 e. The summed E-state index contributed by atoms with van der Waals surface area (Å²) in [5.41, 5.74) is 1.14. The number of anilines is 1. The third kappa shape index (κ3) is 6.71. The number of rotatable bonds is 9. The monoisotopic (exact) mass is 391 g/mol. The van der Waals surface area contributed by atoms with Gasteiger partial charge in [0, 0.05) is 38.4 Å². The molecule has 2 rings (SSSR count). The number of methoxy groups -OCH3 is 1. The summed E-state index contributed by atoms with van der Waals surface area (Å²) in [6, 6.07) is 7.98. The van der Waals surface area contributed by atoms with Gasteiger partial charge in [0.15, 0.2) is 0 Å². The van der Waals surface area contributed by atoms with Crippen molar-refractivity contribution in [1.29, 1.82) is 0 Å². The molecule has 1 aromatic carbocycles. The van der Waals surface area contributed by atoms with Crippen LogP contribution in [-0.4, -0.2) is 81.2 Å². The molecule has 0 N–H and O–H groups in total. The van der Waals surface area contributed by atoms with E-state index < -0.39 is 0 Å². The van der Waals surface area contributed by atoms with Crippen LogP contribution < -0.4 is 9.64 Å². The molecule has 1 saturated heterocycles. The molecule has 0 bridgehead atoms. The Balaban J connectivity index is 1.87. The van der Waals surface area contributed by atoms with E-state index in [1.165, 1.54) is 0 Å². The Hall–Kier alpha value is -2.28. The lowest BCUT2D eigenvalue weighted by atomic mass is 10.2. The first-order valence-corrected chi connectivity index (χ1v) is 9.97. The van der Waals surface area contributed by atoms with Crippen LogP contribution in [0.25, 0.3) is 0 Å². The molecule has 28 heavy (non-hydrogen) atoms. The van der Waals surface area contributed by atoms with Crippen molar-refractivity contribution in [1.82, 2.24) is 9.80 Å². The molecule has 0 atom stereocenters. The van der Waals surface area contributed by atoms with Crippen LogP contribution in [0.4, 0.5) is 5.69 Å². The minimum absolute atomic E-state index is 0.0688. The second kappa shape index (κ2) is 10.9. The van der Waals surface area contributed by atoms with Gasteiger partial charge in [-0.2, -0.15) is 0 Å². The van der Waals surface area contributed by atoms with Crippen LogP contribution in [-0.2, 0) is 14.3 Å². The van der Waals surface area contributed by atoms with Gasteiger partial charge in [-0.25, -0.2) is 0 Å². The molecule has 1 aliphatic heterocycles. The lowest BCUT2D eigenvalue weighted by molar-refractivity contribution is -0.145. The summed E-state index contributed by atoms with van der Waals surface area (Å²) in [7, 11) is 1.66. The van der Waals surface area contributed by atoms with Gasteiger partial charge in [0.25, 0.3) is 0 Å². The molecule has 1 aliphatic rings. The van der Waals surface area contributed by atoms with Gasteiger partial charge in [-0.15, -0.1) is 0 Å². The molecule has 1 amide bonds. The highest BCUT2D eigenvalue weighted by molar-refractivity contribution is 5.79. The van der Waals surface area contributed by atoms with Crippen LogP contribution in [0.5, 0.6) is 5.75 Å². The van der Waals surface area contributed by atoms with Crippen molar-refractivity contribution in [3.63, 3.8) is 0 Å². The SMILES string of the molecule is CCOC(=O)CN(CC(=O)N1CCN(c2ccc(OC)cc2)CC1)CC(C)C. The van der Waals surface area contributed by atoms with E-state index in [0.717, 1.165) is 24.5 Å². The maximum absolute atomic E-state index is 12.8. The van der Waals surface area contributed by atoms with Gasteiger partial charge in [0.1, 0.15) is 5.75 Å². The summed E-state index contributed by atoms with van der Waals surface area (Å²) < 4.78 is 10.2. The Morgan fingerprint density at radius 1 is 1.07 bits per heavy atom. The van der Waals surface area contributed by atoms with E-state index in [-0.39, 0.29) is 25.0 Å². The second-order valence-corrected chi connectivity index (χ2v) is 7.43. The number of hydrogen-bond donors (Lipinski definition) is 0. The van der Waals surface area contributed by atoms with E-state index in [2.05, 4.69) is 18.7 Å². The van der Waals surface area contributed by atoms with E-state index >= 15 is 0 Å². The van der Waals surface area contributed by atoms with Gasteiger partial charge in [0.2, 0.25) is 5.91 Å². The van der Waals surface area contributed by atoms with E-state index in [0.29, 0.717) is 32.2 Å². The van der Waals surface area contributed by atoms with E-state index in [9.17, 15) is 9.59 Å². The predicted molar refractivity (Wildman–Crippen MR) is 110 cm³/mol. The minimum atomic E-state index is -0.278. The molecule has 0 spiro atoms. The molecule has 0 saturated carbocycles. The first-order chi connectivity index (χ1) is 13.4. The third-order valence-electron chi connectivity index (χ3n) is 4.71. The van der Waals surface area contributed by atoms with Crippen LogP contribution in [0.15, 0.2) is 24.3 Å². The lowest BCUT2D eigenvalue weighted by Gasteiger charge is -2.37. The average Bonchev–Trinajstić information content (AvgIpc) is 2.67. The van der Waals surface area contributed by atoms with Crippen LogP contribution in [0, 0.1) is 5.92 Å². The first-order valence-electron chi connectivity index (χ1n) is 9.97. The highest BCUT2D eigenvalue weighted by atomic mass is 16.5. The molecule has 156 valence electrons. The van der Waals surface area contributed by atoms with Crippen LogP contribution in [0.3, 0.4) is 0 Å². The number of piperazine rings is 1. The molecule has 7 nitrogen and oxygen atoms in total. The van der Waals surface area contributed by atoms with Crippen LogP contribution in [0.1, 0.15) is 20.8 Å². The molecule has 1 aromatic rings. The highest BCUT2D eigenvalue weighted by Gasteiger charge is 2.24. The maximum Gasteiger partial charge on any atom is 0.320 e.